The number of benzene rings is 2. The zero-order valence-electron chi connectivity index (χ0n) is 11.3. The Morgan fingerprint density at radius 1 is 0.750 bits per heavy atom. The predicted octanol–water partition coefficient (Wildman–Crippen LogP) is 4.83. The summed E-state index contributed by atoms with van der Waals surface area (Å²) in [7, 11) is 0. The van der Waals surface area contributed by atoms with Gasteiger partial charge in [0.1, 0.15) is 11.5 Å². The summed E-state index contributed by atoms with van der Waals surface area (Å²) in [6.07, 6.45) is 6.47. The molecule has 2 aromatic carbocycles. The smallest absolute Gasteiger partial charge is 0.132 e. The minimum absolute atomic E-state index is 0.342. The van der Waals surface area contributed by atoms with E-state index in [0.717, 1.165) is 22.6 Å². The minimum atomic E-state index is 0.342. The van der Waals surface area contributed by atoms with Crippen molar-refractivity contribution in [2.24, 2.45) is 0 Å². The summed E-state index contributed by atoms with van der Waals surface area (Å²) in [5.41, 5.74) is 2.24. The molecule has 0 fully saturated rings. The molecule has 0 saturated heterocycles. The van der Waals surface area contributed by atoms with Crippen LogP contribution in [0, 0.1) is 0 Å². The van der Waals surface area contributed by atoms with Gasteiger partial charge in [0.05, 0.1) is 0 Å². The monoisotopic (exact) mass is 280 g/mol. The van der Waals surface area contributed by atoms with Gasteiger partial charge in [0.15, 0.2) is 0 Å². The van der Waals surface area contributed by atoms with Crippen molar-refractivity contribution in [3.8, 4) is 0 Å². The van der Waals surface area contributed by atoms with E-state index in [1.807, 2.05) is 48.2 Å². The highest BCUT2D eigenvalue weighted by atomic mass is 32.2. The molecule has 3 rings (SSSR count). The van der Waals surface area contributed by atoms with Crippen LogP contribution < -0.4 is 0 Å². The molecule has 0 unspecified atom stereocenters. The van der Waals surface area contributed by atoms with Gasteiger partial charge in [0.2, 0.25) is 0 Å². The summed E-state index contributed by atoms with van der Waals surface area (Å²) >= 11 is 1.81. The van der Waals surface area contributed by atoms with Crippen molar-refractivity contribution in [3.63, 3.8) is 0 Å². The lowest BCUT2D eigenvalue weighted by molar-refractivity contribution is 0.463. The zero-order valence-corrected chi connectivity index (χ0v) is 12.1. The molecule has 100 valence electrons. The summed E-state index contributed by atoms with van der Waals surface area (Å²) in [5, 5.41) is 0.342. The molecule has 0 aliphatic carbocycles. The molecule has 0 radical (unpaired) electrons. The molecule has 1 aliphatic rings. The summed E-state index contributed by atoms with van der Waals surface area (Å²) in [6.45, 7) is 0. The molecular weight excluding hydrogens is 264 g/mol. The van der Waals surface area contributed by atoms with Gasteiger partial charge in [-0.25, -0.2) is 0 Å². The van der Waals surface area contributed by atoms with Crippen LogP contribution in [0.25, 0.3) is 11.5 Å². The van der Waals surface area contributed by atoms with Gasteiger partial charge in [0, 0.05) is 16.4 Å². The Hall–Kier alpha value is -1.93. The number of rotatable bonds is 3. The van der Waals surface area contributed by atoms with Crippen LogP contribution in [0.4, 0.5) is 0 Å². The van der Waals surface area contributed by atoms with E-state index >= 15 is 0 Å². The normalized spacial score (nSPS) is 15.2. The van der Waals surface area contributed by atoms with E-state index in [9.17, 15) is 0 Å². The second-order valence-electron chi connectivity index (χ2n) is 4.60. The van der Waals surface area contributed by atoms with Gasteiger partial charge in [0.25, 0.3) is 0 Å². The van der Waals surface area contributed by atoms with Crippen LogP contribution in [0.3, 0.4) is 0 Å². The SMILES string of the molecule is CSC1C=C(c2ccccc2)OC(c2ccccc2)=C1. The first-order chi connectivity index (χ1) is 9.86. The van der Waals surface area contributed by atoms with E-state index < -0.39 is 0 Å². The van der Waals surface area contributed by atoms with Crippen molar-refractivity contribution in [2.45, 2.75) is 5.25 Å². The third-order valence-corrected chi connectivity index (χ3v) is 4.06. The van der Waals surface area contributed by atoms with E-state index in [1.54, 1.807) is 0 Å². The van der Waals surface area contributed by atoms with Gasteiger partial charge < -0.3 is 4.74 Å². The Morgan fingerprint density at radius 2 is 1.20 bits per heavy atom. The average Bonchev–Trinajstić information content (AvgIpc) is 2.56. The molecule has 0 aromatic heterocycles. The molecule has 0 N–H and O–H groups in total. The van der Waals surface area contributed by atoms with Crippen molar-refractivity contribution >= 4 is 23.3 Å². The highest BCUT2D eigenvalue weighted by Crippen LogP contribution is 2.33. The Kier molecular flexibility index (Phi) is 3.93. The second-order valence-corrected chi connectivity index (χ2v) is 5.61. The fourth-order valence-electron chi connectivity index (χ4n) is 2.18. The number of thioether (sulfide) groups is 1. The fraction of sp³-hybridized carbons (Fsp3) is 0.111. The lowest BCUT2D eigenvalue weighted by atomic mass is 10.1. The topological polar surface area (TPSA) is 9.23 Å². The van der Waals surface area contributed by atoms with Gasteiger partial charge >= 0.3 is 0 Å². The first kappa shape index (κ1) is 13.1. The van der Waals surface area contributed by atoms with E-state index in [-0.39, 0.29) is 0 Å². The van der Waals surface area contributed by atoms with Crippen molar-refractivity contribution in [1.29, 1.82) is 0 Å². The van der Waals surface area contributed by atoms with Crippen molar-refractivity contribution in [1.82, 2.24) is 0 Å². The summed E-state index contributed by atoms with van der Waals surface area (Å²) in [4.78, 5) is 0. The first-order valence-electron chi connectivity index (χ1n) is 6.62. The fourth-order valence-corrected chi connectivity index (χ4v) is 2.70. The van der Waals surface area contributed by atoms with E-state index in [2.05, 4.69) is 42.7 Å². The van der Waals surface area contributed by atoms with Gasteiger partial charge in [-0.1, -0.05) is 60.7 Å². The van der Waals surface area contributed by atoms with Crippen molar-refractivity contribution < 1.29 is 4.74 Å². The van der Waals surface area contributed by atoms with Crippen molar-refractivity contribution in [2.75, 3.05) is 6.26 Å². The summed E-state index contributed by atoms with van der Waals surface area (Å²) in [6, 6.07) is 20.5. The molecule has 20 heavy (non-hydrogen) atoms. The first-order valence-corrected chi connectivity index (χ1v) is 7.91. The average molecular weight is 280 g/mol. The van der Waals surface area contributed by atoms with Crippen LogP contribution in [0.5, 0.6) is 0 Å². The van der Waals surface area contributed by atoms with Crippen molar-refractivity contribution in [3.05, 3.63) is 83.9 Å². The van der Waals surface area contributed by atoms with Gasteiger partial charge in [-0.3, -0.25) is 0 Å². The van der Waals surface area contributed by atoms with Gasteiger partial charge in [-0.05, 0) is 18.4 Å². The maximum atomic E-state index is 6.10. The van der Waals surface area contributed by atoms with Crippen LogP contribution in [0.15, 0.2) is 72.8 Å². The molecule has 0 amide bonds. The highest BCUT2D eigenvalue weighted by molar-refractivity contribution is 7.99. The Balaban J connectivity index is 1.94. The van der Waals surface area contributed by atoms with E-state index in [4.69, 9.17) is 4.74 Å². The quantitative estimate of drug-likeness (QED) is 0.796. The zero-order chi connectivity index (χ0) is 13.8. The molecule has 1 nitrogen and oxygen atoms in total. The van der Waals surface area contributed by atoms with Crippen LogP contribution in [-0.4, -0.2) is 11.5 Å². The molecule has 0 spiro atoms. The highest BCUT2D eigenvalue weighted by Gasteiger charge is 2.17. The lowest BCUT2D eigenvalue weighted by Crippen LogP contribution is -2.06. The number of ether oxygens (including phenoxy) is 1. The molecule has 2 aromatic rings. The lowest BCUT2D eigenvalue weighted by Gasteiger charge is -2.21. The predicted molar refractivity (Wildman–Crippen MR) is 87.2 cm³/mol. The van der Waals surface area contributed by atoms with Gasteiger partial charge in [-0.2, -0.15) is 11.8 Å². The molecular formula is C18H16OS. The molecule has 2 heteroatoms. The van der Waals surface area contributed by atoms with Crippen LogP contribution in [0.2, 0.25) is 0 Å². The maximum Gasteiger partial charge on any atom is 0.132 e. The standard InChI is InChI=1S/C18H16OS/c1-20-16-12-17(14-8-4-2-5-9-14)19-18(13-16)15-10-6-3-7-11-15/h2-13,16H,1H3. The van der Waals surface area contributed by atoms with Crippen LogP contribution in [-0.2, 0) is 4.74 Å². The molecule has 1 aliphatic heterocycles. The Labute approximate surface area is 124 Å². The Bertz CT molecular complexity index is 573. The summed E-state index contributed by atoms with van der Waals surface area (Å²) in [5.74, 6) is 1.87. The maximum absolute atomic E-state index is 6.10. The number of hydrogen-bond acceptors (Lipinski definition) is 2. The van der Waals surface area contributed by atoms with Crippen LogP contribution in [0.1, 0.15) is 11.1 Å². The molecule has 0 bridgehead atoms. The number of hydrogen-bond donors (Lipinski definition) is 0. The van der Waals surface area contributed by atoms with Gasteiger partial charge in [-0.15, -0.1) is 0 Å². The largest absolute Gasteiger partial charge is 0.457 e. The third kappa shape index (κ3) is 2.81. The third-order valence-electron chi connectivity index (χ3n) is 3.24. The Morgan fingerprint density at radius 3 is 1.60 bits per heavy atom. The molecule has 0 atom stereocenters. The summed E-state index contributed by atoms with van der Waals surface area (Å²) < 4.78 is 6.10. The second kappa shape index (κ2) is 6.02. The van der Waals surface area contributed by atoms with E-state index in [0.29, 0.717) is 5.25 Å². The van der Waals surface area contributed by atoms with E-state index in [1.165, 1.54) is 0 Å². The molecule has 0 saturated carbocycles. The van der Waals surface area contributed by atoms with Crippen LogP contribution >= 0.6 is 11.8 Å². The molecule has 1 heterocycles. The minimum Gasteiger partial charge on any atom is -0.457 e.